The molecule has 0 radical (unpaired) electrons. The van der Waals surface area contributed by atoms with Crippen molar-refractivity contribution in [1.29, 1.82) is 0 Å². The Morgan fingerprint density at radius 2 is 1.66 bits per heavy atom. The minimum absolute atomic E-state index is 0.0125. The van der Waals surface area contributed by atoms with Crippen LogP contribution in [-0.2, 0) is 11.3 Å². The lowest BCUT2D eigenvalue weighted by Gasteiger charge is -2.36. The number of nitrogens with zero attached hydrogens (tertiary/aromatic N) is 6. The van der Waals surface area contributed by atoms with Crippen molar-refractivity contribution in [1.82, 2.24) is 25.1 Å². The van der Waals surface area contributed by atoms with E-state index < -0.39 is 0 Å². The quantitative estimate of drug-likeness (QED) is 0.623. The summed E-state index contributed by atoms with van der Waals surface area (Å²) in [5.41, 5.74) is 1.98. The summed E-state index contributed by atoms with van der Waals surface area (Å²) in [7, 11) is 0. The Bertz CT molecular complexity index is 1030. The molecule has 1 amide bonds. The molecule has 1 saturated heterocycles. The first-order valence-corrected chi connectivity index (χ1v) is 11.8. The van der Waals surface area contributed by atoms with Gasteiger partial charge < -0.3 is 15.1 Å². The third kappa shape index (κ3) is 4.54. The molecular formula is C24H31N7O. The highest BCUT2D eigenvalue weighted by atomic mass is 16.2. The first-order chi connectivity index (χ1) is 15.8. The minimum atomic E-state index is 0.0125. The Kier molecular flexibility index (Phi) is 6.18. The zero-order valence-electron chi connectivity index (χ0n) is 18.5. The molecular weight excluding hydrogens is 402 g/mol. The summed E-state index contributed by atoms with van der Waals surface area (Å²) in [6, 6.07) is 10.8. The average Bonchev–Trinajstić information content (AvgIpc) is 3.06. The van der Waals surface area contributed by atoms with Crippen LogP contribution in [0.2, 0.25) is 0 Å². The molecule has 8 heteroatoms. The van der Waals surface area contributed by atoms with Crippen molar-refractivity contribution in [2.75, 3.05) is 36.0 Å². The standard InChI is InChI=1S/C24H31N7O/c32-22(28-19-8-4-1-2-5-9-19)17-31-24-21(16-27-31)23(25-18-26-24)30-14-12-29(13-15-30)20-10-6-3-7-11-20/h3,6-7,10-11,16,18-19H,1-2,4-5,8-9,12-15,17H2,(H,28,32). The Labute approximate surface area is 188 Å². The number of carbonyl (C=O) groups is 1. The molecule has 2 fully saturated rings. The second kappa shape index (κ2) is 9.54. The van der Waals surface area contributed by atoms with Crippen LogP contribution in [0, 0.1) is 0 Å². The topological polar surface area (TPSA) is 79.2 Å². The number of hydrogen-bond acceptors (Lipinski definition) is 6. The van der Waals surface area contributed by atoms with Crippen molar-refractivity contribution >= 4 is 28.4 Å². The predicted molar refractivity (Wildman–Crippen MR) is 126 cm³/mol. The van der Waals surface area contributed by atoms with E-state index in [9.17, 15) is 4.79 Å². The molecule has 0 spiro atoms. The summed E-state index contributed by atoms with van der Waals surface area (Å²) in [4.78, 5) is 26.4. The van der Waals surface area contributed by atoms with Crippen LogP contribution in [0.1, 0.15) is 38.5 Å². The predicted octanol–water partition coefficient (Wildman–Crippen LogP) is 2.99. The number of fused-ring (bicyclic) bond motifs is 1. The maximum Gasteiger partial charge on any atom is 0.242 e. The molecule has 2 aliphatic rings. The van der Waals surface area contributed by atoms with E-state index in [-0.39, 0.29) is 18.5 Å². The average molecular weight is 434 g/mol. The second-order valence-corrected chi connectivity index (χ2v) is 8.80. The van der Waals surface area contributed by atoms with Crippen molar-refractivity contribution in [3.8, 4) is 0 Å². The number of carbonyl (C=O) groups excluding carboxylic acids is 1. The molecule has 0 atom stereocenters. The molecule has 1 saturated carbocycles. The monoisotopic (exact) mass is 433 g/mol. The fraction of sp³-hybridized carbons (Fsp3) is 0.500. The van der Waals surface area contributed by atoms with Gasteiger partial charge in [-0.05, 0) is 25.0 Å². The molecule has 0 unspecified atom stereocenters. The van der Waals surface area contributed by atoms with Crippen LogP contribution in [0.4, 0.5) is 11.5 Å². The Balaban J connectivity index is 1.26. The van der Waals surface area contributed by atoms with Gasteiger partial charge in [0.15, 0.2) is 5.65 Å². The van der Waals surface area contributed by atoms with Crippen LogP contribution in [-0.4, -0.2) is 57.9 Å². The van der Waals surface area contributed by atoms with Crippen LogP contribution in [0.3, 0.4) is 0 Å². The lowest BCUT2D eigenvalue weighted by Crippen LogP contribution is -2.46. The second-order valence-electron chi connectivity index (χ2n) is 8.80. The molecule has 5 rings (SSSR count). The highest BCUT2D eigenvalue weighted by molar-refractivity contribution is 5.88. The molecule has 1 N–H and O–H groups in total. The number of piperazine rings is 1. The maximum atomic E-state index is 12.7. The van der Waals surface area contributed by atoms with Crippen molar-refractivity contribution in [2.45, 2.75) is 51.1 Å². The summed E-state index contributed by atoms with van der Waals surface area (Å²) in [6.45, 7) is 3.84. The van der Waals surface area contributed by atoms with Gasteiger partial charge in [-0.1, -0.05) is 43.9 Å². The van der Waals surface area contributed by atoms with Gasteiger partial charge >= 0.3 is 0 Å². The van der Waals surface area contributed by atoms with E-state index in [1.807, 2.05) is 6.07 Å². The molecule has 2 aromatic heterocycles. The zero-order valence-corrected chi connectivity index (χ0v) is 18.5. The van der Waals surface area contributed by atoms with Gasteiger partial charge in [0.25, 0.3) is 0 Å². The Hall–Kier alpha value is -3.16. The van der Waals surface area contributed by atoms with Gasteiger partial charge in [0.2, 0.25) is 5.91 Å². The minimum Gasteiger partial charge on any atom is -0.368 e. The summed E-state index contributed by atoms with van der Waals surface area (Å²) in [6.07, 6.45) is 10.5. The third-order valence-corrected chi connectivity index (χ3v) is 6.63. The normalized spacial score (nSPS) is 18.0. The molecule has 0 bridgehead atoms. The summed E-state index contributed by atoms with van der Waals surface area (Å²) in [5.74, 6) is 0.914. The van der Waals surface area contributed by atoms with Gasteiger partial charge in [0.1, 0.15) is 18.7 Å². The van der Waals surface area contributed by atoms with Crippen LogP contribution in [0.5, 0.6) is 0 Å². The molecule has 168 valence electrons. The van der Waals surface area contributed by atoms with Gasteiger partial charge in [-0.2, -0.15) is 5.10 Å². The van der Waals surface area contributed by atoms with E-state index in [0.717, 1.165) is 55.9 Å². The van der Waals surface area contributed by atoms with E-state index in [4.69, 9.17) is 0 Å². The SMILES string of the molecule is O=C(Cn1ncc2c(N3CCN(c4ccccc4)CC3)ncnc21)NC1CCCCCC1. The number of para-hydroxylation sites is 1. The smallest absolute Gasteiger partial charge is 0.242 e. The van der Waals surface area contributed by atoms with Crippen LogP contribution >= 0.6 is 0 Å². The number of hydrogen-bond donors (Lipinski definition) is 1. The van der Waals surface area contributed by atoms with Crippen LogP contribution in [0.25, 0.3) is 11.0 Å². The molecule has 1 aromatic carbocycles. The fourth-order valence-electron chi connectivity index (χ4n) is 4.90. The first-order valence-electron chi connectivity index (χ1n) is 11.8. The Morgan fingerprint density at radius 3 is 2.41 bits per heavy atom. The van der Waals surface area contributed by atoms with Gasteiger partial charge in [-0.3, -0.25) is 4.79 Å². The Morgan fingerprint density at radius 1 is 0.938 bits per heavy atom. The van der Waals surface area contributed by atoms with E-state index in [1.54, 1.807) is 17.2 Å². The number of amides is 1. The van der Waals surface area contributed by atoms with E-state index in [2.05, 4.69) is 54.4 Å². The molecule has 8 nitrogen and oxygen atoms in total. The number of nitrogens with one attached hydrogen (secondary N) is 1. The lowest BCUT2D eigenvalue weighted by atomic mass is 10.1. The molecule has 1 aliphatic heterocycles. The summed E-state index contributed by atoms with van der Waals surface area (Å²) in [5, 5.41) is 8.59. The molecule has 32 heavy (non-hydrogen) atoms. The third-order valence-electron chi connectivity index (χ3n) is 6.63. The molecule has 3 aromatic rings. The fourth-order valence-corrected chi connectivity index (χ4v) is 4.90. The number of anilines is 2. The summed E-state index contributed by atoms with van der Waals surface area (Å²) < 4.78 is 1.70. The van der Waals surface area contributed by atoms with Crippen molar-refractivity contribution < 1.29 is 4.79 Å². The van der Waals surface area contributed by atoms with Crippen molar-refractivity contribution in [3.63, 3.8) is 0 Å². The first kappa shape index (κ1) is 20.7. The van der Waals surface area contributed by atoms with Crippen LogP contribution < -0.4 is 15.1 Å². The van der Waals surface area contributed by atoms with Gasteiger partial charge in [-0.15, -0.1) is 0 Å². The number of rotatable bonds is 5. The highest BCUT2D eigenvalue weighted by Crippen LogP contribution is 2.25. The zero-order chi connectivity index (χ0) is 21.8. The summed E-state index contributed by atoms with van der Waals surface area (Å²) >= 11 is 0. The van der Waals surface area contributed by atoms with Gasteiger partial charge in [0, 0.05) is 37.9 Å². The highest BCUT2D eigenvalue weighted by Gasteiger charge is 2.22. The largest absolute Gasteiger partial charge is 0.368 e. The van der Waals surface area contributed by atoms with Crippen LogP contribution in [0.15, 0.2) is 42.9 Å². The van der Waals surface area contributed by atoms with Crippen molar-refractivity contribution in [3.05, 3.63) is 42.9 Å². The van der Waals surface area contributed by atoms with E-state index in [1.165, 1.54) is 31.4 Å². The number of benzene rings is 1. The van der Waals surface area contributed by atoms with Crippen molar-refractivity contribution in [2.24, 2.45) is 0 Å². The van der Waals surface area contributed by atoms with E-state index in [0.29, 0.717) is 0 Å². The van der Waals surface area contributed by atoms with E-state index >= 15 is 0 Å². The number of aromatic nitrogens is 4. The van der Waals surface area contributed by atoms with Gasteiger partial charge in [0.05, 0.1) is 11.6 Å². The van der Waals surface area contributed by atoms with Gasteiger partial charge in [-0.25, -0.2) is 14.6 Å². The molecule has 3 heterocycles. The lowest BCUT2D eigenvalue weighted by molar-refractivity contribution is -0.122. The molecule has 1 aliphatic carbocycles. The maximum absolute atomic E-state index is 12.7.